The Morgan fingerprint density at radius 1 is 1.30 bits per heavy atom. The third-order valence-electron chi connectivity index (χ3n) is 5.59. The summed E-state index contributed by atoms with van der Waals surface area (Å²) in [5.41, 5.74) is 2.22. The molecular formula is C22H20BrN3O3S. The number of fused-ring (bicyclic) bond motifs is 4. The average molecular weight is 486 g/mol. The summed E-state index contributed by atoms with van der Waals surface area (Å²) in [5, 5.41) is 3.10. The zero-order valence-corrected chi connectivity index (χ0v) is 19.2. The lowest BCUT2D eigenvalue weighted by atomic mass is 9.80. The van der Waals surface area contributed by atoms with E-state index in [1.807, 2.05) is 29.6 Å². The number of thiazole rings is 1. The van der Waals surface area contributed by atoms with E-state index in [1.54, 1.807) is 29.4 Å². The van der Waals surface area contributed by atoms with E-state index < -0.39 is 5.41 Å². The number of amides is 1. The van der Waals surface area contributed by atoms with Gasteiger partial charge < -0.3 is 14.4 Å². The molecule has 0 N–H and O–H groups in total. The van der Waals surface area contributed by atoms with Gasteiger partial charge in [-0.05, 0) is 18.2 Å². The van der Waals surface area contributed by atoms with Gasteiger partial charge in [0.25, 0.3) is 0 Å². The minimum Gasteiger partial charge on any atom is -0.490 e. The first-order valence-electron chi connectivity index (χ1n) is 9.69. The van der Waals surface area contributed by atoms with Gasteiger partial charge in [-0.15, -0.1) is 11.3 Å². The number of aromatic nitrogens is 2. The molecule has 30 heavy (non-hydrogen) atoms. The fourth-order valence-corrected chi connectivity index (χ4v) is 5.68. The van der Waals surface area contributed by atoms with E-state index in [-0.39, 0.29) is 12.5 Å². The molecule has 1 amide bonds. The topological polar surface area (TPSA) is 64.6 Å². The molecule has 4 heterocycles. The predicted molar refractivity (Wildman–Crippen MR) is 119 cm³/mol. The maximum absolute atomic E-state index is 14.0. The van der Waals surface area contributed by atoms with E-state index >= 15 is 0 Å². The van der Waals surface area contributed by atoms with Crippen molar-refractivity contribution in [2.45, 2.75) is 31.7 Å². The summed E-state index contributed by atoms with van der Waals surface area (Å²) >= 11 is 5.31. The molecule has 5 rings (SSSR count). The van der Waals surface area contributed by atoms with Gasteiger partial charge in [-0.25, -0.2) is 9.97 Å². The number of hydrogen-bond donors (Lipinski definition) is 0. The number of methoxy groups -OCH3 is 1. The first kappa shape index (κ1) is 19.5. The van der Waals surface area contributed by atoms with Crippen molar-refractivity contribution in [3.63, 3.8) is 0 Å². The Bertz CT molecular complexity index is 1160. The zero-order valence-electron chi connectivity index (χ0n) is 16.8. The second-order valence-electron chi connectivity index (χ2n) is 7.75. The highest BCUT2D eigenvalue weighted by Gasteiger charge is 2.59. The summed E-state index contributed by atoms with van der Waals surface area (Å²) in [4.78, 5) is 25.1. The first-order chi connectivity index (χ1) is 14.5. The monoisotopic (exact) mass is 485 g/mol. The number of pyridine rings is 1. The molecule has 0 radical (unpaired) electrons. The molecule has 0 aliphatic carbocycles. The zero-order chi connectivity index (χ0) is 21.0. The van der Waals surface area contributed by atoms with Crippen LogP contribution in [0.4, 0.5) is 5.69 Å². The second kappa shape index (κ2) is 7.06. The second-order valence-corrected chi connectivity index (χ2v) is 9.50. The van der Waals surface area contributed by atoms with Crippen LogP contribution in [0.5, 0.6) is 11.6 Å². The minimum atomic E-state index is -1.00. The smallest absolute Gasteiger partial charge is 0.247 e. The van der Waals surface area contributed by atoms with Crippen LogP contribution in [-0.2, 0) is 16.8 Å². The number of carbonyl (C=O) groups excluding carboxylic acids is 1. The van der Waals surface area contributed by atoms with Gasteiger partial charge in [0, 0.05) is 27.4 Å². The number of benzene rings is 1. The number of carbonyl (C=O) groups is 1. The SMILES string of the molecule is COc1ccc2c(n1)C1(CO2)C(=O)N(Cc2csc(C(C)C)n2)c2cccc(Br)c21. The van der Waals surface area contributed by atoms with Crippen LogP contribution in [0.2, 0.25) is 0 Å². The van der Waals surface area contributed by atoms with Gasteiger partial charge in [-0.2, -0.15) is 0 Å². The molecule has 8 heteroatoms. The summed E-state index contributed by atoms with van der Waals surface area (Å²) in [6.07, 6.45) is 0. The van der Waals surface area contributed by atoms with Crippen molar-refractivity contribution < 1.29 is 14.3 Å². The Morgan fingerprint density at radius 3 is 2.87 bits per heavy atom. The standard InChI is InChI=1S/C22H20BrN3O3S/c1-12(2)20-24-13(10-30-20)9-26-15-6-4-5-14(23)18(15)22(21(26)27)11-29-16-7-8-17(28-3)25-19(16)22/h4-8,10,12H,9,11H2,1-3H3. The maximum Gasteiger partial charge on any atom is 0.247 e. The van der Waals surface area contributed by atoms with Crippen LogP contribution in [0, 0.1) is 0 Å². The largest absolute Gasteiger partial charge is 0.490 e. The van der Waals surface area contributed by atoms with Crippen LogP contribution in [0.25, 0.3) is 0 Å². The average Bonchev–Trinajstić information content (AvgIpc) is 3.42. The number of rotatable bonds is 4. The van der Waals surface area contributed by atoms with E-state index in [4.69, 9.17) is 14.5 Å². The molecule has 0 saturated heterocycles. The lowest BCUT2D eigenvalue weighted by molar-refractivity contribution is -0.122. The summed E-state index contributed by atoms with van der Waals surface area (Å²) < 4.78 is 12.1. The van der Waals surface area contributed by atoms with Crippen LogP contribution in [0.1, 0.15) is 41.7 Å². The molecule has 154 valence electrons. The molecule has 1 aromatic carbocycles. The molecule has 0 fully saturated rings. The summed E-state index contributed by atoms with van der Waals surface area (Å²) in [5.74, 6) is 1.38. The Balaban J connectivity index is 1.65. The van der Waals surface area contributed by atoms with Crippen molar-refractivity contribution in [1.29, 1.82) is 0 Å². The Hall–Kier alpha value is -2.45. The number of halogens is 1. The van der Waals surface area contributed by atoms with E-state index in [2.05, 4.69) is 34.8 Å². The lowest BCUT2D eigenvalue weighted by Gasteiger charge is -2.22. The van der Waals surface area contributed by atoms with E-state index in [0.29, 0.717) is 29.8 Å². The van der Waals surface area contributed by atoms with Crippen molar-refractivity contribution >= 4 is 38.9 Å². The van der Waals surface area contributed by atoms with Crippen LogP contribution in [-0.4, -0.2) is 29.6 Å². The molecular weight excluding hydrogens is 466 g/mol. The quantitative estimate of drug-likeness (QED) is 0.537. The molecule has 1 spiro atoms. The maximum atomic E-state index is 14.0. The Kier molecular flexibility index (Phi) is 4.59. The fourth-order valence-electron chi connectivity index (χ4n) is 4.16. The van der Waals surface area contributed by atoms with Gasteiger partial charge in [0.15, 0.2) is 5.41 Å². The van der Waals surface area contributed by atoms with Crippen LogP contribution in [0.15, 0.2) is 40.2 Å². The van der Waals surface area contributed by atoms with Crippen molar-refractivity contribution in [3.05, 3.63) is 62.1 Å². The molecule has 1 unspecified atom stereocenters. The molecule has 2 aromatic heterocycles. The summed E-state index contributed by atoms with van der Waals surface area (Å²) in [6, 6.07) is 9.44. The van der Waals surface area contributed by atoms with E-state index in [0.717, 1.165) is 26.4 Å². The third kappa shape index (κ3) is 2.70. The summed E-state index contributed by atoms with van der Waals surface area (Å²) in [6.45, 7) is 4.86. The predicted octanol–water partition coefficient (Wildman–Crippen LogP) is 4.66. The number of hydrogen-bond acceptors (Lipinski definition) is 6. The lowest BCUT2D eigenvalue weighted by Crippen LogP contribution is -2.43. The van der Waals surface area contributed by atoms with Crippen molar-refractivity contribution in [1.82, 2.24) is 9.97 Å². The fraction of sp³-hybridized carbons (Fsp3) is 0.318. The molecule has 1 atom stereocenters. The normalized spacial score (nSPS) is 19.4. The van der Waals surface area contributed by atoms with Gasteiger partial charge in [0.05, 0.1) is 30.0 Å². The highest BCUT2D eigenvalue weighted by atomic mass is 79.9. The third-order valence-corrected chi connectivity index (χ3v) is 7.45. The first-order valence-corrected chi connectivity index (χ1v) is 11.4. The van der Waals surface area contributed by atoms with Crippen LogP contribution < -0.4 is 14.4 Å². The van der Waals surface area contributed by atoms with Crippen LogP contribution in [0.3, 0.4) is 0 Å². The number of ether oxygens (including phenoxy) is 2. The van der Waals surface area contributed by atoms with Crippen molar-refractivity contribution in [3.8, 4) is 11.6 Å². The molecule has 6 nitrogen and oxygen atoms in total. The Morgan fingerprint density at radius 2 is 2.13 bits per heavy atom. The van der Waals surface area contributed by atoms with E-state index in [9.17, 15) is 4.79 Å². The molecule has 2 aliphatic rings. The number of nitrogens with zero attached hydrogens (tertiary/aromatic N) is 3. The van der Waals surface area contributed by atoms with Crippen molar-refractivity contribution in [2.75, 3.05) is 18.6 Å². The minimum absolute atomic E-state index is 0.0528. The Labute approximate surface area is 187 Å². The van der Waals surface area contributed by atoms with Gasteiger partial charge in [-0.1, -0.05) is 35.8 Å². The summed E-state index contributed by atoms with van der Waals surface area (Å²) in [7, 11) is 1.57. The molecule has 3 aromatic rings. The van der Waals surface area contributed by atoms with Gasteiger partial charge in [0.2, 0.25) is 11.8 Å². The molecule has 0 bridgehead atoms. The highest BCUT2D eigenvalue weighted by molar-refractivity contribution is 9.10. The van der Waals surface area contributed by atoms with E-state index in [1.165, 1.54) is 0 Å². The van der Waals surface area contributed by atoms with Gasteiger partial charge in [-0.3, -0.25) is 4.79 Å². The van der Waals surface area contributed by atoms with Gasteiger partial charge in [0.1, 0.15) is 18.1 Å². The van der Waals surface area contributed by atoms with Gasteiger partial charge >= 0.3 is 0 Å². The van der Waals surface area contributed by atoms with Crippen molar-refractivity contribution in [2.24, 2.45) is 0 Å². The highest BCUT2D eigenvalue weighted by Crippen LogP contribution is 2.54. The molecule has 2 aliphatic heterocycles. The molecule has 0 saturated carbocycles. The number of anilines is 1. The van der Waals surface area contributed by atoms with Crippen LogP contribution >= 0.6 is 27.3 Å².